The van der Waals surface area contributed by atoms with Crippen LogP contribution in [0.5, 0.6) is 5.75 Å². The zero-order valence-corrected chi connectivity index (χ0v) is 23.6. The van der Waals surface area contributed by atoms with E-state index in [9.17, 15) is 39.6 Å². The lowest BCUT2D eigenvalue weighted by Gasteiger charge is -2.48. The van der Waals surface area contributed by atoms with E-state index in [1.54, 1.807) is 12.1 Å². The maximum absolute atomic E-state index is 14.3. The summed E-state index contributed by atoms with van der Waals surface area (Å²) in [6.07, 6.45) is -4.58. The lowest BCUT2D eigenvalue weighted by molar-refractivity contribution is -0.139. The van der Waals surface area contributed by atoms with E-state index < -0.39 is 56.8 Å². The third-order valence-electron chi connectivity index (χ3n) is 7.45. The Hall–Kier alpha value is -3.98. The SMILES string of the molecule is O=C(O)CCOC1CCN2c3ccc(-c4cc(F)cc(OC(F)F)c4)cc3N(S(=O)(=O)c3cccc(C(F)(F)F)c3)C[C@@H]2C1. The van der Waals surface area contributed by atoms with E-state index in [1.807, 2.05) is 4.90 Å². The molecule has 8 nitrogen and oxygen atoms in total. The fraction of sp³-hybridized carbons (Fsp3) is 0.345. The molecular weight excluding hydrogens is 618 g/mol. The van der Waals surface area contributed by atoms with Crippen LogP contribution in [0.1, 0.15) is 24.8 Å². The number of alkyl halides is 5. The highest BCUT2D eigenvalue weighted by Crippen LogP contribution is 2.44. The Balaban J connectivity index is 1.57. The minimum atomic E-state index is -4.80. The number of ether oxygens (including phenoxy) is 2. The molecule has 3 aromatic carbocycles. The van der Waals surface area contributed by atoms with Crippen molar-refractivity contribution in [2.24, 2.45) is 0 Å². The van der Waals surface area contributed by atoms with Gasteiger partial charge >= 0.3 is 18.8 Å². The third-order valence-corrected chi connectivity index (χ3v) is 9.22. The number of sulfonamides is 1. The summed E-state index contributed by atoms with van der Waals surface area (Å²) in [5, 5.41) is 8.92. The summed E-state index contributed by atoms with van der Waals surface area (Å²) in [5.74, 6) is -2.37. The molecule has 0 aromatic heterocycles. The Bertz CT molecular complexity index is 1650. The van der Waals surface area contributed by atoms with Crippen LogP contribution in [0.4, 0.5) is 37.7 Å². The van der Waals surface area contributed by atoms with Crippen molar-refractivity contribution in [2.75, 3.05) is 28.9 Å². The predicted molar refractivity (Wildman–Crippen MR) is 147 cm³/mol. The Morgan fingerprint density at radius 2 is 1.80 bits per heavy atom. The van der Waals surface area contributed by atoms with E-state index in [1.165, 1.54) is 6.07 Å². The van der Waals surface area contributed by atoms with Crippen LogP contribution in [-0.4, -0.2) is 57.9 Å². The predicted octanol–water partition coefficient (Wildman–Crippen LogP) is 6.15. The van der Waals surface area contributed by atoms with Crippen LogP contribution < -0.4 is 13.9 Å². The van der Waals surface area contributed by atoms with Crippen LogP contribution in [0.2, 0.25) is 0 Å². The van der Waals surface area contributed by atoms with Crippen LogP contribution in [0.15, 0.2) is 65.6 Å². The van der Waals surface area contributed by atoms with E-state index in [2.05, 4.69) is 4.74 Å². The average Bonchev–Trinajstić information content (AvgIpc) is 2.95. The summed E-state index contributed by atoms with van der Waals surface area (Å²) < 4.78 is 119. The normalized spacial score (nSPS) is 18.6. The first-order valence-electron chi connectivity index (χ1n) is 13.4. The number of carboxylic acid groups (broad SMARTS) is 1. The summed E-state index contributed by atoms with van der Waals surface area (Å²) in [7, 11) is -4.60. The van der Waals surface area contributed by atoms with Crippen molar-refractivity contribution in [1.29, 1.82) is 0 Å². The number of carboxylic acids is 1. The van der Waals surface area contributed by atoms with E-state index in [4.69, 9.17) is 9.84 Å². The molecule has 0 spiro atoms. The van der Waals surface area contributed by atoms with E-state index in [-0.39, 0.29) is 42.5 Å². The second kappa shape index (κ2) is 12.2. The Morgan fingerprint density at radius 1 is 1.02 bits per heavy atom. The van der Waals surface area contributed by atoms with Crippen LogP contribution in [-0.2, 0) is 25.7 Å². The van der Waals surface area contributed by atoms with Gasteiger partial charge in [-0.05, 0) is 66.4 Å². The lowest BCUT2D eigenvalue weighted by atomic mass is 9.94. The van der Waals surface area contributed by atoms with Gasteiger partial charge in [0.25, 0.3) is 10.0 Å². The molecule has 0 saturated carbocycles. The van der Waals surface area contributed by atoms with Gasteiger partial charge in [0, 0.05) is 12.6 Å². The second-order valence-electron chi connectivity index (χ2n) is 10.3. The van der Waals surface area contributed by atoms with Gasteiger partial charge in [-0.25, -0.2) is 12.8 Å². The molecule has 236 valence electrons. The molecule has 0 aliphatic carbocycles. The molecule has 1 fully saturated rings. The van der Waals surface area contributed by atoms with Crippen molar-refractivity contribution >= 4 is 27.4 Å². The van der Waals surface area contributed by atoms with Crippen LogP contribution in [0.25, 0.3) is 11.1 Å². The first-order valence-corrected chi connectivity index (χ1v) is 14.9. The number of piperidine rings is 1. The van der Waals surface area contributed by atoms with Gasteiger partial charge in [-0.2, -0.15) is 22.0 Å². The van der Waals surface area contributed by atoms with Gasteiger partial charge in [0.2, 0.25) is 0 Å². The quantitative estimate of drug-likeness (QED) is 0.279. The topological polar surface area (TPSA) is 96.4 Å². The van der Waals surface area contributed by atoms with Gasteiger partial charge in [-0.1, -0.05) is 12.1 Å². The zero-order valence-electron chi connectivity index (χ0n) is 22.8. The van der Waals surface area contributed by atoms with Gasteiger partial charge in [-0.15, -0.1) is 0 Å². The fourth-order valence-electron chi connectivity index (χ4n) is 5.49. The number of carbonyl (C=O) groups is 1. The summed E-state index contributed by atoms with van der Waals surface area (Å²) in [6, 6.07) is 10.4. The van der Waals surface area contributed by atoms with Gasteiger partial charge < -0.3 is 19.5 Å². The van der Waals surface area contributed by atoms with Crippen LogP contribution >= 0.6 is 0 Å². The van der Waals surface area contributed by atoms with Crippen molar-refractivity contribution in [1.82, 2.24) is 0 Å². The average molecular weight is 645 g/mol. The molecule has 2 atom stereocenters. The van der Waals surface area contributed by atoms with Gasteiger partial charge in [-0.3, -0.25) is 9.10 Å². The van der Waals surface area contributed by atoms with Crippen LogP contribution in [0, 0.1) is 5.82 Å². The number of hydrogen-bond donors (Lipinski definition) is 1. The summed E-state index contributed by atoms with van der Waals surface area (Å²) >= 11 is 0. The van der Waals surface area contributed by atoms with Crippen molar-refractivity contribution in [3.8, 4) is 16.9 Å². The fourth-order valence-corrected chi connectivity index (χ4v) is 7.05. The number of fused-ring (bicyclic) bond motifs is 3. The standard InChI is InChI=1S/C29H26F6N2O6S/c30-20-10-18(11-23(14-20)43-28(31)32)17-4-5-25-26(12-17)37(44(40,41)24-3-1-2-19(13-24)29(33,34)35)16-21-15-22(6-8-36(21)25)42-9-7-27(38)39/h1-5,10-14,21-22,28H,6-9,15-16H2,(H,38,39)/t21-,22?/m0/s1. The molecule has 1 saturated heterocycles. The Labute approximate surface area is 248 Å². The maximum atomic E-state index is 14.3. The summed E-state index contributed by atoms with van der Waals surface area (Å²) in [5.41, 5.74) is -0.265. The first-order chi connectivity index (χ1) is 20.7. The van der Waals surface area contributed by atoms with Gasteiger partial charge in [0.05, 0.1) is 53.6 Å². The molecule has 2 aliphatic rings. The Morgan fingerprint density at radius 3 is 2.50 bits per heavy atom. The number of benzene rings is 3. The van der Waals surface area contributed by atoms with Crippen molar-refractivity contribution in [3.05, 3.63) is 72.0 Å². The van der Waals surface area contributed by atoms with E-state index in [0.29, 0.717) is 31.1 Å². The lowest BCUT2D eigenvalue weighted by Crippen LogP contribution is -2.55. The van der Waals surface area contributed by atoms with Crippen LogP contribution in [0.3, 0.4) is 0 Å². The molecule has 2 heterocycles. The third kappa shape index (κ3) is 6.73. The largest absolute Gasteiger partial charge is 0.481 e. The monoisotopic (exact) mass is 644 g/mol. The molecular formula is C29H26F6N2O6S. The second-order valence-corrected chi connectivity index (χ2v) is 12.2. The summed E-state index contributed by atoms with van der Waals surface area (Å²) in [4.78, 5) is 12.2. The molecule has 5 rings (SSSR count). The van der Waals surface area contributed by atoms with Gasteiger partial charge in [0.15, 0.2) is 0 Å². The first kappa shape index (κ1) is 31.4. The number of aliphatic carboxylic acids is 1. The van der Waals surface area contributed by atoms with Crippen molar-refractivity contribution < 1.29 is 54.1 Å². The molecule has 1 N–H and O–H groups in total. The molecule has 44 heavy (non-hydrogen) atoms. The Kier molecular flexibility index (Phi) is 8.71. The molecule has 1 unspecified atom stereocenters. The minimum absolute atomic E-state index is 0.0379. The summed E-state index contributed by atoms with van der Waals surface area (Å²) in [6.45, 7) is -3.03. The molecule has 15 heteroatoms. The van der Waals surface area contributed by atoms with E-state index >= 15 is 0 Å². The number of nitrogens with zero attached hydrogens (tertiary/aromatic N) is 2. The molecule has 0 amide bonds. The highest BCUT2D eigenvalue weighted by Gasteiger charge is 2.41. The number of rotatable bonds is 9. The molecule has 3 aromatic rings. The smallest absolute Gasteiger partial charge is 0.416 e. The minimum Gasteiger partial charge on any atom is -0.481 e. The van der Waals surface area contributed by atoms with Crippen molar-refractivity contribution in [2.45, 2.75) is 49.1 Å². The molecule has 0 bridgehead atoms. The molecule has 2 aliphatic heterocycles. The number of hydrogen-bond acceptors (Lipinski definition) is 6. The van der Waals surface area contributed by atoms with Crippen molar-refractivity contribution in [3.63, 3.8) is 0 Å². The van der Waals surface area contributed by atoms with Gasteiger partial charge in [0.1, 0.15) is 11.6 Å². The highest BCUT2D eigenvalue weighted by molar-refractivity contribution is 7.92. The number of halogens is 6. The molecule has 0 radical (unpaired) electrons. The maximum Gasteiger partial charge on any atom is 0.416 e. The van der Waals surface area contributed by atoms with E-state index in [0.717, 1.165) is 40.7 Å². The number of anilines is 2. The zero-order chi connectivity index (χ0) is 31.8. The highest BCUT2D eigenvalue weighted by atomic mass is 32.2.